The summed E-state index contributed by atoms with van der Waals surface area (Å²) in [5.74, 6) is -0.860. The lowest BCUT2D eigenvalue weighted by Gasteiger charge is -2.18. The molecule has 0 amide bonds. The predicted octanol–water partition coefficient (Wildman–Crippen LogP) is 21.3. The number of unbranched alkanes of at least 4 members (excludes halogenated alkanes) is 34. The Bertz CT molecular complexity index is 1360. The zero-order chi connectivity index (χ0) is 52.9. The van der Waals surface area contributed by atoms with Gasteiger partial charge in [0, 0.05) is 19.3 Å². The Balaban J connectivity index is 4.22. The summed E-state index contributed by atoms with van der Waals surface area (Å²) in [6.45, 7) is 6.55. The molecule has 6 nitrogen and oxygen atoms in total. The molecule has 6 heteroatoms. The van der Waals surface area contributed by atoms with E-state index in [1.807, 2.05) is 0 Å². The van der Waals surface area contributed by atoms with Gasteiger partial charge in [-0.05, 0) is 70.6 Å². The maximum absolute atomic E-state index is 12.9. The molecule has 0 aliphatic rings. The van der Waals surface area contributed by atoms with Crippen molar-refractivity contribution < 1.29 is 28.6 Å². The molecular weight excluding hydrogens is 901 g/mol. The molecule has 0 rings (SSSR count). The van der Waals surface area contributed by atoms with Crippen molar-refractivity contribution in [3.05, 3.63) is 72.9 Å². The van der Waals surface area contributed by atoms with Crippen molar-refractivity contribution in [2.75, 3.05) is 13.2 Å². The van der Waals surface area contributed by atoms with Gasteiger partial charge in [0.15, 0.2) is 6.10 Å². The SMILES string of the molecule is CC/C=C\C/C=C\C/C=C\C/C=C\C/C=C\C/C=C\CCCCCCCCCCCCC(=O)OCC(COC(=O)CCCCCCCCCCCCCC)OC(=O)CCCCCCCCCCCCCCCC. The summed E-state index contributed by atoms with van der Waals surface area (Å²) in [6, 6.07) is 0. The van der Waals surface area contributed by atoms with Gasteiger partial charge in [-0.15, -0.1) is 0 Å². The van der Waals surface area contributed by atoms with Crippen molar-refractivity contribution in [2.24, 2.45) is 0 Å². The standard InChI is InChI=1S/C67H118O6/c1-4-7-10-13-16-19-22-25-27-28-29-30-31-32-33-34-35-36-37-38-39-40-41-43-45-48-51-54-57-60-66(69)72-63-64(62-71-65(68)59-56-53-50-47-44-24-21-18-15-12-9-6-3)73-67(70)61-58-55-52-49-46-42-26-23-20-17-14-11-8-5-2/h7,10,16,19,25,27,29-30,32-33,35-36,64H,4-6,8-9,11-15,17-18,20-24,26,28,31,34,37-63H2,1-3H3/b10-7-,19-16-,27-25-,30-29-,33-32-,36-35-. The third-order valence-electron chi connectivity index (χ3n) is 13.7. The Kier molecular flexibility index (Phi) is 58.7. The highest BCUT2D eigenvalue weighted by atomic mass is 16.6. The van der Waals surface area contributed by atoms with Gasteiger partial charge >= 0.3 is 17.9 Å². The molecule has 1 unspecified atom stereocenters. The van der Waals surface area contributed by atoms with Crippen LogP contribution in [0.1, 0.15) is 316 Å². The number of hydrogen-bond acceptors (Lipinski definition) is 6. The van der Waals surface area contributed by atoms with E-state index in [4.69, 9.17) is 14.2 Å². The van der Waals surface area contributed by atoms with E-state index < -0.39 is 6.10 Å². The Morgan fingerprint density at radius 1 is 0.288 bits per heavy atom. The first-order chi connectivity index (χ1) is 36.0. The first kappa shape index (κ1) is 69.8. The predicted molar refractivity (Wildman–Crippen MR) is 316 cm³/mol. The van der Waals surface area contributed by atoms with Crippen LogP contribution in [0.4, 0.5) is 0 Å². The lowest BCUT2D eigenvalue weighted by atomic mass is 10.0. The van der Waals surface area contributed by atoms with Gasteiger partial charge in [0.05, 0.1) is 0 Å². The van der Waals surface area contributed by atoms with Gasteiger partial charge in [0.1, 0.15) is 13.2 Å². The van der Waals surface area contributed by atoms with Crippen LogP contribution in [0.2, 0.25) is 0 Å². The van der Waals surface area contributed by atoms with Crippen LogP contribution in [0.3, 0.4) is 0 Å². The fourth-order valence-electron chi connectivity index (χ4n) is 9.04. The molecule has 73 heavy (non-hydrogen) atoms. The van der Waals surface area contributed by atoms with E-state index in [1.165, 1.54) is 180 Å². The summed E-state index contributed by atoms with van der Waals surface area (Å²) in [5.41, 5.74) is 0. The van der Waals surface area contributed by atoms with E-state index in [9.17, 15) is 14.4 Å². The zero-order valence-corrected chi connectivity index (χ0v) is 48.4. The molecular formula is C67H118O6. The Morgan fingerprint density at radius 3 is 0.836 bits per heavy atom. The summed E-state index contributed by atoms with van der Waals surface area (Å²) in [6.07, 6.45) is 79.0. The quantitative estimate of drug-likeness (QED) is 0.0261. The summed E-state index contributed by atoms with van der Waals surface area (Å²) in [4.78, 5) is 38.2. The number of hydrogen-bond donors (Lipinski definition) is 0. The number of rotatable bonds is 57. The monoisotopic (exact) mass is 1020 g/mol. The average molecular weight is 1020 g/mol. The molecule has 0 bridgehead atoms. The van der Waals surface area contributed by atoms with Crippen LogP contribution < -0.4 is 0 Å². The largest absolute Gasteiger partial charge is 0.462 e. The molecule has 0 aromatic heterocycles. The van der Waals surface area contributed by atoms with Crippen molar-refractivity contribution in [2.45, 2.75) is 322 Å². The first-order valence-corrected chi connectivity index (χ1v) is 31.4. The smallest absolute Gasteiger partial charge is 0.306 e. The third-order valence-corrected chi connectivity index (χ3v) is 13.7. The van der Waals surface area contributed by atoms with Gasteiger partial charge in [0.2, 0.25) is 0 Å². The second-order valence-electron chi connectivity index (χ2n) is 21.0. The second-order valence-corrected chi connectivity index (χ2v) is 21.0. The summed E-state index contributed by atoms with van der Waals surface area (Å²) in [7, 11) is 0. The minimum absolute atomic E-state index is 0.0711. The topological polar surface area (TPSA) is 78.9 Å². The van der Waals surface area contributed by atoms with Crippen LogP contribution in [0.25, 0.3) is 0 Å². The van der Waals surface area contributed by atoms with Gasteiger partial charge in [-0.2, -0.15) is 0 Å². The number of carbonyl (C=O) groups excluding carboxylic acids is 3. The van der Waals surface area contributed by atoms with Crippen molar-refractivity contribution in [1.29, 1.82) is 0 Å². The molecule has 0 saturated carbocycles. The highest BCUT2D eigenvalue weighted by Crippen LogP contribution is 2.17. The Hall–Kier alpha value is -3.15. The summed E-state index contributed by atoms with van der Waals surface area (Å²) >= 11 is 0. The van der Waals surface area contributed by atoms with Gasteiger partial charge in [-0.25, -0.2) is 0 Å². The number of ether oxygens (including phenoxy) is 3. The number of carbonyl (C=O) groups is 3. The van der Waals surface area contributed by atoms with Gasteiger partial charge in [0.25, 0.3) is 0 Å². The number of esters is 3. The molecule has 0 aliphatic carbocycles. The van der Waals surface area contributed by atoms with Crippen LogP contribution in [-0.4, -0.2) is 37.2 Å². The van der Waals surface area contributed by atoms with Crippen LogP contribution in [0.15, 0.2) is 72.9 Å². The van der Waals surface area contributed by atoms with Crippen LogP contribution in [0, 0.1) is 0 Å². The van der Waals surface area contributed by atoms with Crippen molar-refractivity contribution in [3.8, 4) is 0 Å². The highest BCUT2D eigenvalue weighted by molar-refractivity contribution is 5.71. The maximum Gasteiger partial charge on any atom is 0.306 e. The maximum atomic E-state index is 12.9. The van der Waals surface area contributed by atoms with Gasteiger partial charge in [-0.1, -0.05) is 299 Å². The Labute approximate surface area is 453 Å². The van der Waals surface area contributed by atoms with Crippen molar-refractivity contribution in [3.63, 3.8) is 0 Å². The molecule has 0 heterocycles. The number of allylic oxidation sites excluding steroid dienone is 12. The minimum atomic E-state index is -0.773. The van der Waals surface area contributed by atoms with E-state index in [0.717, 1.165) is 96.3 Å². The third kappa shape index (κ3) is 59.6. The molecule has 0 aromatic rings. The molecule has 1 atom stereocenters. The van der Waals surface area contributed by atoms with Crippen LogP contribution in [0.5, 0.6) is 0 Å². The minimum Gasteiger partial charge on any atom is -0.462 e. The molecule has 0 spiro atoms. The van der Waals surface area contributed by atoms with Gasteiger partial charge < -0.3 is 14.2 Å². The average Bonchev–Trinajstić information content (AvgIpc) is 3.39. The molecule has 0 N–H and O–H groups in total. The lowest BCUT2D eigenvalue weighted by Crippen LogP contribution is -2.30. The second kappa shape index (κ2) is 61.4. The van der Waals surface area contributed by atoms with Crippen LogP contribution >= 0.6 is 0 Å². The Morgan fingerprint density at radius 2 is 0.534 bits per heavy atom. The van der Waals surface area contributed by atoms with E-state index in [2.05, 4.69) is 93.7 Å². The van der Waals surface area contributed by atoms with Crippen molar-refractivity contribution in [1.82, 2.24) is 0 Å². The van der Waals surface area contributed by atoms with E-state index >= 15 is 0 Å². The van der Waals surface area contributed by atoms with E-state index in [-0.39, 0.29) is 31.1 Å². The van der Waals surface area contributed by atoms with Crippen molar-refractivity contribution >= 4 is 17.9 Å². The zero-order valence-electron chi connectivity index (χ0n) is 48.4. The molecule has 0 radical (unpaired) electrons. The summed E-state index contributed by atoms with van der Waals surface area (Å²) in [5, 5.41) is 0. The van der Waals surface area contributed by atoms with E-state index in [1.54, 1.807) is 0 Å². The van der Waals surface area contributed by atoms with Gasteiger partial charge in [-0.3, -0.25) is 14.4 Å². The molecule has 0 saturated heterocycles. The summed E-state index contributed by atoms with van der Waals surface area (Å²) < 4.78 is 16.9. The fraction of sp³-hybridized carbons (Fsp3) is 0.776. The molecule has 0 aliphatic heterocycles. The van der Waals surface area contributed by atoms with Crippen LogP contribution in [-0.2, 0) is 28.6 Å². The molecule has 0 fully saturated rings. The first-order valence-electron chi connectivity index (χ1n) is 31.4. The van der Waals surface area contributed by atoms with E-state index in [0.29, 0.717) is 19.3 Å². The fourth-order valence-corrected chi connectivity index (χ4v) is 9.04. The molecule has 0 aromatic carbocycles. The lowest BCUT2D eigenvalue weighted by molar-refractivity contribution is -0.167. The highest BCUT2D eigenvalue weighted by Gasteiger charge is 2.19. The normalized spacial score (nSPS) is 12.5. The molecule has 422 valence electrons.